The summed E-state index contributed by atoms with van der Waals surface area (Å²) in [5, 5.41) is 24.2. The monoisotopic (exact) mass is 206 g/mol. The maximum absolute atomic E-state index is 10.7. The zero-order valence-corrected chi connectivity index (χ0v) is 7.03. The van der Waals surface area contributed by atoms with Crippen LogP contribution in [0.4, 0.5) is 14.4 Å². The summed E-state index contributed by atoms with van der Waals surface area (Å²) in [5.41, 5.74) is 0. The van der Waals surface area contributed by atoms with Crippen LogP contribution in [-0.4, -0.2) is 41.8 Å². The van der Waals surface area contributed by atoms with Gasteiger partial charge in [-0.25, -0.2) is 14.4 Å². The summed E-state index contributed by atoms with van der Waals surface area (Å²) in [5.74, 6) is 0. The molecule has 0 bridgehead atoms. The van der Waals surface area contributed by atoms with Crippen molar-refractivity contribution < 1.29 is 24.6 Å². The predicted molar refractivity (Wildman–Crippen MR) is 43.7 cm³/mol. The molecule has 0 saturated carbocycles. The molecule has 0 aliphatic heterocycles. The summed E-state index contributed by atoms with van der Waals surface area (Å²) in [6, 6.07) is -0.687. The Balaban J connectivity index is 3.37. The number of nitrogens with one attached hydrogen (secondary N) is 4. The van der Waals surface area contributed by atoms with Crippen molar-refractivity contribution in [3.8, 4) is 0 Å². The van der Waals surface area contributed by atoms with Gasteiger partial charge in [0.25, 0.3) is 0 Å². The number of carbonyl (C=O) groups is 3. The normalized spacial score (nSPS) is 8.57. The number of urea groups is 1. The Morgan fingerprint density at radius 1 is 0.786 bits per heavy atom. The van der Waals surface area contributed by atoms with E-state index in [0.29, 0.717) is 0 Å². The van der Waals surface area contributed by atoms with E-state index in [1.54, 1.807) is 0 Å². The SMILES string of the molecule is O=C(O)NCNC(=O)NCNC(=O)O. The highest BCUT2D eigenvalue weighted by Crippen LogP contribution is 1.63. The summed E-state index contributed by atoms with van der Waals surface area (Å²) in [7, 11) is 0. The number of carbonyl (C=O) groups excluding carboxylic acids is 1. The highest BCUT2D eigenvalue weighted by molar-refractivity contribution is 5.75. The second-order valence-electron chi connectivity index (χ2n) is 2.00. The molecule has 9 heteroatoms. The molecule has 0 aliphatic carbocycles. The number of rotatable bonds is 4. The number of carboxylic acid groups (broad SMARTS) is 2. The van der Waals surface area contributed by atoms with Crippen molar-refractivity contribution in [2.45, 2.75) is 0 Å². The third-order valence-corrected chi connectivity index (χ3v) is 0.977. The molecule has 0 aromatic rings. The molecule has 0 spiro atoms. The zero-order valence-electron chi connectivity index (χ0n) is 7.03. The third-order valence-electron chi connectivity index (χ3n) is 0.977. The molecule has 0 unspecified atom stereocenters. The van der Waals surface area contributed by atoms with E-state index >= 15 is 0 Å². The van der Waals surface area contributed by atoms with Crippen molar-refractivity contribution in [1.29, 1.82) is 0 Å². The van der Waals surface area contributed by atoms with E-state index < -0.39 is 18.2 Å². The minimum Gasteiger partial charge on any atom is -0.465 e. The molecule has 80 valence electrons. The van der Waals surface area contributed by atoms with Gasteiger partial charge in [0.2, 0.25) is 0 Å². The number of hydrogen-bond donors (Lipinski definition) is 6. The van der Waals surface area contributed by atoms with Gasteiger partial charge < -0.3 is 31.5 Å². The first-order valence-electron chi connectivity index (χ1n) is 3.47. The Labute approximate surface area is 78.5 Å². The lowest BCUT2D eigenvalue weighted by atomic mass is 10.8. The van der Waals surface area contributed by atoms with Crippen LogP contribution in [0, 0.1) is 0 Å². The smallest absolute Gasteiger partial charge is 0.406 e. The van der Waals surface area contributed by atoms with Gasteiger partial charge in [0.15, 0.2) is 0 Å². The fourth-order valence-electron chi connectivity index (χ4n) is 0.463. The van der Waals surface area contributed by atoms with Crippen LogP contribution in [0.25, 0.3) is 0 Å². The lowest BCUT2D eigenvalue weighted by Crippen LogP contribution is -2.45. The Morgan fingerprint density at radius 2 is 1.14 bits per heavy atom. The molecule has 0 heterocycles. The van der Waals surface area contributed by atoms with E-state index in [1.165, 1.54) is 0 Å². The molecule has 0 saturated heterocycles. The first-order valence-corrected chi connectivity index (χ1v) is 3.47. The molecule has 0 rings (SSSR count). The maximum Gasteiger partial charge on any atom is 0.406 e. The molecular weight excluding hydrogens is 196 g/mol. The van der Waals surface area contributed by atoms with E-state index in [2.05, 4.69) is 10.6 Å². The van der Waals surface area contributed by atoms with Gasteiger partial charge >= 0.3 is 18.2 Å². The molecule has 0 atom stereocenters. The summed E-state index contributed by atoms with van der Waals surface area (Å²) in [4.78, 5) is 30.5. The van der Waals surface area contributed by atoms with Gasteiger partial charge in [0.05, 0.1) is 13.3 Å². The quantitative estimate of drug-likeness (QED) is 0.318. The van der Waals surface area contributed by atoms with Crippen LogP contribution in [0.1, 0.15) is 0 Å². The largest absolute Gasteiger partial charge is 0.465 e. The molecule has 4 amide bonds. The molecular formula is C5H10N4O5. The molecule has 0 radical (unpaired) electrons. The molecule has 0 aromatic heterocycles. The fourth-order valence-corrected chi connectivity index (χ4v) is 0.463. The van der Waals surface area contributed by atoms with Crippen LogP contribution in [0.5, 0.6) is 0 Å². The van der Waals surface area contributed by atoms with Crippen molar-refractivity contribution >= 4 is 18.2 Å². The van der Waals surface area contributed by atoms with Gasteiger partial charge in [-0.1, -0.05) is 0 Å². The van der Waals surface area contributed by atoms with Crippen LogP contribution < -0.4 is 21.3 Å². The van der Waals surface area contributed by atoms with E-state index in [9.17, 15) is 14.4 Å². The van der Waals surface area contributed by atoms with E-state index in [-0.39, 0.29) is 13.3 Å². The van der Waals surface area contributed by atoms with Crippen molar-refractivity contribution in [1.82, 2.24) is 21.3 Å². The second-order valence-corrected chi connectivity index (χ2v) is 2.00. The van der Waals surface area contributed by atoms with Gasteiger partial charge in [0, 0.05) is 0 Å². The zero-order chi connectivity index (χ0) is 11.0. The Kier molecular flexibility index (Phi) is 5.35. The average molecular weight is 206 g/mol. The lowest BCUT2D eigenvalue weighted by Gasteiger charge is -2.06. The molecule has 0 fully saturated rings. The average Bonchev–Trinajstić information content (AvgIpc) is 2.02. The van der Waals surface area contributed by atoms with E-state index in [1.807, 2.05) is 10.6 Å². The highest BCUT2D eigenvalue weighted by atomic mass is 16.4. The van der Waals surface area contributed by atoms with Crippen LogP contribution >= 0.6 is 0 Å². The third kappa shape index (κ3) is 7.91. The summed E-state index contributed by atoms with van der Waals surface area (Å²) < 4.78 is 0. The Morgan fingerprint density at radius 3 is 1.43 bits per heavy atom. The minimum atomic E-state index is -1.27. The summed E-state index contributed by atoms with van der Waals surface area (Å²) in [6.07, 6.45) is -2.54. The van der Waals surface area contributed by atoms with Crippen molar-refractivity contribution in [2.24, 2.45) is 0 Å². The molecule has 0 aromatic carbocycles. The maximum atomic E-state index is 10.7. The van der Waals surface area contributed by atoms with Crippen molar-refractivity contribution in [2.75, 3.05) is 13.3 Å². The van der Waals surface area contributed by atoms with Gasteiger partial charge in [0.1, 0.15) is 0 Å². The highest BCUT2D eigenvalue weighted by Gasteiger charge is 2.00. The lowest BCUT2D eigenvalue weighted by molar-refractivity contribution is 0.193. The molecule has 6 N–H and O–H groups in total. The van der Waals surface area contributed by atoms with Gasteiger partial charge in [-0.15, -0.1) is 0 Å². The van der Waals surface area contributed by atoms with Crippen LogP contribution in [0.3, 0.4) is 0 Å². The standard InChI is InChI=1S/C5H10N4O5/c10-3(6-1-8-4(11)12)7-2-9-5(13)14/h8-9H,1-2H2,(H,11,12)(H,13,14)(H2,6,7,10). The van der Waals surface area contributed by atoms with Gasteiger partial charge in [-0.3, -0.25) is 0 Å². The Hall–Kier alpha value is -2.19. The van der Waals surface area contributed by atoms with Crippen molar-refractivity contribution in [3.63, 3.8) is 0 Å². The van der Waals surface area contributed by atoms with Gasteiger partial charge in [-0.05, 0) is 0 Å². The van der Waals surface area contributed by atoms with Crippen LogP contribution in [0.2, 0.25) is 0 Å². The van der Waals surface area contributed by atoms with E-state index in [4.69, 9.17) is 10.2 Å². The van der Waals surface area contributed by atoms with Crippen LogP contribution in [0.15, 0.2) is 0 Å². The number of amides is 4. The predicted octanol–water partition coefficient (Wildman–Crippen LogP) is -1.26. The minimum absolute atomic E-state index is 0.256. The molecule has 9 nitrogen and oxygen atoms in total. The summed E-state index contributed by atoms with van der Waals surface area (Å²) >= 11 is 0. The first kappa shape index (κ1) is 11.8. The molecule has 0 aliphatic rings. The number of hydrogen-bond acceptors (Lipinski definition) is 3. The molecule has 14 heavy (non-hydrogen) atoms. The topological polar surface area (TPSA) is 140 Å². The second kappa shape index (κ2) is 6.34. The van der Waals surface area contributed by atoms with Crippen molar-refractivity contribution in [3.05, 3.63) is 0 Å². The first-order chi connectivity index (χ1) is 6.52. The van der Waals surface area contributed by atoms with Crippen LogP contribution in [-0.2, 0) is 0 Å². The van der Waals surface area contributed by atoms with E-state index in [0.717, 1.165) is 0 Å². The summed E-state index contributed by atoms with van der Waals surface area (Å²) in [6.45, 7) is -0.511. The fraction of sp³-hybridized carbons (Fsp3) is 0.400. The Bertz CT molecular complexity index is 208. The van der Waals surface area contributed by atoms with Gasteiger partial charge in [-0.2, -0.15) is 0 Å².